The van der Waals surface area contributed by atoms with Gasteiger partial charge in [-0.25, -0.2) is 13.9 Å². The molecule has 2 aromatic carbocycles. The minimum absolute atomic E-state index is 0.180. The van der Waals surface area contributed by atoms with Crippen molar-refractivity contribution in [2.75, 3.05) is 14.2 Å². The number of methoxy groups -OCH3 is 2. The van der Waals surface area contributed by atoms with E-state index < -0.39 is 11.8 Å². The van der Waals surface area contributed by atoms with Crippen molar-refractivity contribution in [3.05, 3.63) is 65.6 Å². The van der Waals surface area contributed by atoms with Gasteiger partial charge in [0.05, 0.1) is 31.2 Å². The molecule has 0 aliphatic heterocycles. The number of esters is 1. The van der Waals surface area contributed by atoms with Gasteiger partial charge in [0.15, 0.2) is 0 Å². The van der Waals surface area contributed by atoms with E-state index in [0.29, 0.717) is 22.9 Å². The van der Waals surface area contributed by atoms with E-state index in [0.717, 1.165) is 0 Å². The third kappa shape index (κ3) is 3.66. The number of hydrogen-bond donors (Lipinski definition) is 0. The Kier molecular flexibility index (Phi) is 4.88. The van der Waals surface area contributed by atoms with Crippen molar-refractivity contribution in [2.24, 2.45) is 0 Å². The van der Waals surface area contributed by atoms with Crippen molar-refractivity contribution < 1.29 is 23.4 Å². The van der Waals surface area contributed by atoms with E-state index in [1.165, 1.54) is 31.0 Å². The predicted molar refractivity (Wildman–Crippen MR) is 92.8 cm³/mol. The second-order valence-electron chi connectivity index (χ2n) is 5.51. The second-order valence-corrected chi connectivity index (χ2v) is 5.51. The Morgan fingerprint density at radius 1 is 1.04 bits per heavy atom. The van der Waals surface area contributed by atoms with Crippen molar-refractivity contribution >= 4 is 5.97 Å². The number of carbonyl (C=O) groups excluding carboxylic acids is 1. The largest absolute Gasteiger partial charge is 0.497 e. The zero-order chi connectivity index (χ0) is 18.7. The topological polar surface area (TPSA) is 62.6 Å². The highest BCUT2D eigenvalue weighted by Gasteiger charge is 2.17. The molecule has 0 atom stereocenters. The minimum Gasteiger partial charge on any atom is -0.497 e. The maximum atomic E-state index is 13.5. The summed E-state index contributed by atoms with van der Waals surface area (Å²) in [6.07, 6.45) is 0. The lowest BCUT2D eigenvalue weighted by Crippen LogP contribution is -2.12. The van der Waals surface area contributed by atoms with E-state index in [-0.39, 0.29) is 11.4 Å². The number of hydrogen-bond acceptors (Lipinski definition) is 5. The lowest BCUT2D eigenvalue weighted by atomic mass is 10.2. The van der Waals surface area contributed by atoms with Crippen LogP contribution in [-0.4, -0.2) is 30.0 Å². The van der Waals surface area contributed by atoms with Crippen LogP contribution in [0.15, 0.2) is 48.5 Å². The molecule has 0 unspecified atom stereocenters. The third-order valence-electron chi connectivity index (χ3n) is 3.64. The summed E-state index contributed by atoms with van der Waals surface area (Å²) in [4.78, 5) is 12.6. The van der Waals surface area contributed by atoms with Gasteiger partial charge in [0, 0.05) is 12.1 Å². The molecule has 0 bridgehead atoms. The summed E-state index contributed by atoms with van der Waals surface area (Å²) in [5, 5.41) is 4.26. The van der Waals surface area contributed by atoms with Crippen LogP contribution in [-0.2, 0) is 0 Å². The first-order valence-electron chi connectivity index (χ1n) is 7.78. The Bertz CT molecular complexity index is 930. The fourth-order valence-electron chi connectivity index (χ4n) is 2.42. The van der Waals surface area contributed by atoms with Crippen LogP contribution < -0.4 is 14.2 Å². The van der Waals surface area contributed by atoms with Gasteiger partial charge in [0.25, 0.3) is 0 Å². The molecular weight excluding hydrogens is 339 g/mol. The first-order valence-corrected chi connectivity index (χ1v) is 7.78. The number of halogens is 1. The van der Waals surface area contributed by atoms with Crippen LogP contribution in [0.25, 0.3) is 5.69 Å². The number of rotatable bonds is 5. The molecule has 1 heterocycles. The van der Waals surface area contributed by atoms with Crippen LogP contribution in [0.5, 0.6) is 17.4 Å². The number of aromatic nitrogens is 2. The number of aryl methyl sites for hydroxylation is 1. The molecule has 0 N–H and O–H groups in total. The summed E-state index contributed by atoms with van der Waals surface area (Å²) in [5.74, 6) is 0.0855. The van der Waals surface area contributed by atoms with Gasteiger partial charge in [-0.05, 0) is 37.3 Å². The van der Waals surface area contributed by atoms with E-state index in [1.807, 2.05) is 0 Å². The normalized spacial score (nSPS) is 10.5. The number of nitrogens with zero attached hydrogens (tertiary/aromatic N) is 2. The third-order valence-corrected chi connectivity index (χ3v) is 3.64. The van der Waals surface area contributed by atoms with E-state index in [9.17, 15) is 9.18 Å². The van der Waals surface area contributed by atoms with Gasteiger partial charge in [-0.15, -0.1) is 0 Å². The van der Waals surface area contributed by atoms with E-state index in [4.69, 9.17) is 14.2 Å². The number of carbonyl (C=O) groups is 1. The van der Waals surface area contributed by atoms with Crippen molar-refractivity contribution in [2.45, 2.75) is 6.92 Å². The molecule has 0 aliphatic rings. The minimum atomic E-state index is -0.611. The van der Waals surface area contributed by atoms with Crippen molar-refractivity contribution in [1.82, 2.24) is 9.78 Å². The fraction of sp³-hybridized carbons (Fsp3) is 0.158. The summed E-state index contributed by atoms with van der Waals surface area (Å²) < 4.78 is 30.7. The Morgan fingerprint density at radius 2 is 1.73 bits per heavy atom. The molecule has 0 spiro atoms. The van der Waals surface area contributed by atoms with E-state index in [1.54, 1.807) is 43.3 Å². The molecular formula is C19H17FN2O4. The molecule has 26 heavy (non-hydrogen) atoms. The van der Waals surface area contributed by atoms with Gasteiger partial charge >= 0.3 is 5.97 Å². The summed E-state index contributed by atoms with van der Waals surface area (Å²) in [7, 11) is 2.98. The smallest absolute Gasteiger partial charge is 0.345 e. The van der Waals surface area contributed by atoms with Gasteiger partial charge in [0.2, 0.25) is 5.88 Å². The van der Waals surface area contributed by atoms with Crippen LogP contribution in [0.1, 0.15) is 16.1 Å². The van der Waals surface area contributed by atoms with Gasteiger partial charge in [-0.3, -0.25) is 0 Å². The standard InChI is InChI=1S/C19H17FN2O4/c1-12-7-18(22(21-12)15-6-4-5-14(20)10-15)26-19(23)13-8-16(24-2)11-17(9-13)25-3/h4-11H,1-3H3. The highest BCUT2D eigenvalue weighted by Crippen LogP contribution is 2.25. The molecule has 134 valence electrons. The summed E-state index contributed by atoms with van der Waals surface area (Å²) >= 11 is 0. The Hall–Kier alpha value is -3.35. The molecule has 0 amide bonds. The molecule has 0 fully saturated rings. The van der Waals surface area contributed by atoms with Crippen molar-refractivity contribution in [1.29, 1.82) is 0 Å². The van der Waals surface area contributed by atoms with Gasteiger partial charge < -0.3 is 14.2 Å². The molecule has 0 saturated carbocycles. The summed E-state index contributed by atoms with van der Waals surface area (Å²) in [5.41, 5.74) is 1.33. The number of benzene rings is 2. The zero-order valence-corrected chi connectivity index (χ0v) is 14.5. The Morgan fingerprint density at radius 3 is 2.35 bits per heavy atom. The second kappa shape index (κ2) is 7.26. The van der Waals surface area contributed by atoms with Crippen LogP contribution in [0.4, 0.5) is 4.39 Å². The van der Waals surface area contributed by atoms with Crippen molar-refractivity contribution in [3.63, 3.8) is 0 Å². The molecule has 6 nitrogen and oxygen atoms in total. The highest BCUT2D eigenvalue weighted by atomic mass is 19.1. The van der Waals surface area contributed by atoms with Crippen LogP contribution in [0, 0.1) is 12.7 Å². The average molecular weight is 356 g/mol. The molecule has 0 radical (unpaired) electrons. The van der Waals surface area contributed by atoms with Gasteiger partial charge in [-0.2, -0.15) is 5.10 Å². The van der Waals surface area contributed by atoms with E-state index in [2.05, 4.69) is 5.10 Å². The van der Waals surface area contributed by atoms with Crippen molar-refractivity contribution in [3.8, 4) is 23.1 Å². The summed E-state index contributed by atoms with van der Waals surface area (Å²) in [6.45, 7) is 1.75. The maximum absolute atomic E-state index is 13.5. The zero-order valence-electron chi connectivity index (χ0n) is 14.5. The lowest BCUT2D eigenvalue weighted by Gasteiger charge is -2.10. The molecule has 1 aromatic heterocycles. The lowest BCUT2D eigenvalue weighted by molar-refractivity contribution is 0.0722. The van der Waals surface area contributed by atoms with Crippen LogP contribution in [0.2, 0.25) is 0 Å². The first kappa shape index (κ1) is 17.5. The SMILES string of the molecule is COc1cc(OC)cc(C(=O)Oc2cc(C)nn2-c2cccc(F)c2)c1. The monoisotopic (exact) mass is 356 g/mol. The van der Waals surface area contributed by atoms with Crippen LogP contribution in [0.3, 0.4) is 0 Å². The van der Waals surface area contributed by atoms with Gasteiger partial charge in [-0.1, -0.05) is 6.07 Å². The maximum Gasteiger partial charge on any atom is 0.345 e. The average Bonchev–Trinajstić information content (AvgIpc) is 3.01. The highest BCUT2D eigenvalue weighted by molar-refractivity contribution is 5.92. The Labute approximate surface area is 149 Å². The molecule has 0 saturated heterocycles. The summed E-state index contributed by atoms with van der Waals surface area (Å²) in [6, 6.07) is 12.2. The molecule has 7 heteroatoms. The molecule has 3 rings (SSSR count). The fourth-order valence-corrected chi connectivity index (χ4v) is 2.42. The Balaban J connectivity index is 1.93. The predicted octanol–water partition coefficient (Wildman–Crippen LogP) is 3.56. The van der Waals surface area contributed by atoms with E-state index >= 15 is 0 Å². The number of ether oxygens (including phenoxy) is 3. The van der Waals surface area contributed by atoms with Gasteiger partial charge in [0.1, 0.15) is 17.3 Å². The van der Waals surface area contributed by atoms with Crippen LogP contribution >= 0.6 is 0 Å². The first-order chi connectivity index (χ1) is 12.5. The quantitative estimate of drug-likeness (QED) is 0.654. The molecule has 3 aromatic rings. The molecule has 0 aliphatic carbocycles.